The topological polar surface area (TPSA) is 38.9 Å². The number of hydrogen-bond donors (Lipinski definition) is 1. The number of halogens is 3. The van der Waals surface area contributed by atoms with Crippen LogP contribution in [-0.4, -0.2) is 10.7 Å². The van der Waals surface area contributed by atoms with Gasteiger partial charge < -0.3 is 5.73 Å². The second-order valence-corrected chi connectivity index (χ2v) is 5.30. The summed E-state index contributed by atoms with van der Waals surface area (Å²) in [6.45, 7) is 0. The van der Waals surface area contributed by atoms with Crippen molar-refractivity contribution in [3.63, 3.8) is 0 Å². The Balaban J connectivity index is 2.03. The molecule has 1 atom stereocenters. The van der Waals surface area contributed by atoms with Gasteiger partial charge in [-0.3, -0.25) is 0 Å². The van der Waals surface area contributed by atoms with Crippen LogP contribution in [0, 0.1) is 11.6 Å². The first-order chi connectivity index (χ1) is 9.08. The molecule has 0 saturated carbocycles. The third kappa shape index (κ3) is 3.65. The molecule has 6 heteroatoms. The highest BCUT2D eigenvalue weighted by Crippen LogP contribution is 2.27. The number of pyridine rings is 1. The minimum atomic E-state index is -0.895. The van der Waals surface area contributed by atoms with Crippen LogP contribution in [0.15, 0.2) is 41.6 Å². The first-order valence-electron chi connectivity index (χ1n) is 5.52. The van der Waals surface area contributed by atoms with Crippen LogP contribution in [0.3, 0.4) is 0 Å². The molecule has 0 aliphatic rings. The number of rotatable bonds is 4. The predicted molar refractivity (Wildman–Crippen MR) is 73.3 cm³/mol. The van der Waals surface area contributed by atoms with Crippen molar-refractivity contribution in [3.8, 4) is 0 Å². The van der Waals surface area contributed by atoms with Crippen LogP contribution < -0.4 is 5.73 Å². The first-order valence-corrected chi connectivity index (χ1v) is 6.88. The maximum Gasteiger partial charge on any atom is 0.159 e. The SMILES string of the molecule is NC(CSc1ncccc1Cl)c1ccc(F)c(F)c1. The molecule has 1 heterocycles. The molecule has 0 saturated heterocycles. The molecule has 0 amide bonds. The van der Waals surface area contributed by atoms with Gasteiger partial charge in [0.05, 0.1) is 5.02 Å². The van der Waals surface area contributed by atoms with Crippen molar-refractivity contribution in [3.05, 3.63) is 58.7 Å². The van der Waals surface area contributed by atoms with Gasteiger partial charge in [0, 0.05) is 18.0 Å². The summed E-state index contributed by atoms with van der Waals surface area (Å²) in [5.74, 6) is -1.30. The van der Waals surface area contributed by atoms with Crippen LogP contribution in [0.2, 0.25) is 5.02 Å². The molecule has 0 aliphatic carbocycles. The summed E-state index contributed by atoms with van der Waals surface area (Å²) in [4.78, 5) is 4.12. The van der Waals surface area contributed by atoms with Gasteiger partial charge in [0.25, 0.3) is 0 Å². The third-order valence-electron chi connectivity index (χ3n) is 2.50. The smallest absolute Gasteiger partial charge is 0.159 e. The van der Waals surface area contributed by atoms with E-state index in [2.05, 4.69) is 4.98 Å². The molecule has 1 aromatic carbocycles. The fourth-order valence-corrected chi connectivity index (χ4v) is 2.64. The highest BCUT2D eigenvalue weighted by atomic mass is 35.5. The van der Waals surface area contributed by atoms with Crippen molar-refractivity contribution in [1.29, 1.82) is 0 Å². The van der Waals surface area contributed by atoms with Gasteiger partial charge in [0.2, 0.25) is 0 Å². The van der Waals surface area contributed by atoms with Crippen molar-refractivity contribution in [2.24, 2.45) is 5.73 Å². The number of benzene rings is 1. The van der Waals surface area contributed by atoms with Crippen LogP contribution >= 0.6 is 23.4 Å². The number of nitrogens with two attached hydrogens (primary N) is 1. The number of hydrogen-bond acceptors (Lipinski definition) is 3. The Kier molecular flexibility index (Phi) is 4.74. The lowest BCUT2D eigenvalue weighted by atomic mass is 10.1. The molecular weight excluding hydrogens is 290 g/mol. The summed E-state index contributed by atoms with van der Waals surface area (Å²) < 4.78 is 25.9. The normalized spacial score (nSPS) is 12.4. The molecular formula is C13H11ClF2N2S. The molecule has 100 valence electrons. The molecule has 2 nitrogen and oxygen atoms in total. The lowest BCUT2D eigenvalue weighted by molar-refractivity contribution is 0.506. The van der Waals surface area contributed by atoms with Gasteiger partial charge in [-0.05, 0) is 29.8 Å². The predicted octanol–water partition coefficient (Wildman–Crippen LogP) is 3.81. The molecule has 1 unspecified atom stereocenters. The van der Waals surface area contributed by atoms with E-state index in [-0.39, 0.29) is 0 Å². The van der Waals surface area contributed by atoms with Gasteiger partial charge in [-0.2, -0.15) is 0 Å². The van der Waals surface area contributed by atoms with Crippen molar-refractivity contribution < 1.29 is 8.78 Å². The highest BCUT2D eigenvalue weighted by Gasteiger charge is 2.11. The van der Waals surface area contributed by atoms with Crippen LogP contribution in [0.4, 0.5) is 8.78 Å². The second kappa shape index (κ2) is 6.32. The van der Waals surface area contributed by atoms with Crippen LogP contribution in [0.1, 0.15) is 11.6 Å². The summed E-state index contributed by atoms with van der Waals surface area (Å²) in [5.41, 5.74) is 6.47. The number of thioether (sulfide) groups is 1. The third-order valence-corrected chi connectivity index (χ3v) is 4.04. The van der Waals surface area contributed by atoms with E-state index < -0.39 is 17.7 Å². The van der Waals surface area contributed by atoms with Crippen LogP contribution in [-0.2, 0) is 0 Å². The van der Waals surface area contributed by atoms with Crippen LogP contribution in [0.25, 0.3) is 0 Å². The van der Waals surface area contributed by atoms with Crippen LogP contribution in [0.5, 0.6) is 0 Å². The molecule has 19 heavy (non-hydrogen) atoms. The molecule has 0 radical (unpaired) electrons. The van der Waals surface area contributed by atoms with E-state index in [1.54, 1.807) is 18.3 Å². The molecule has 0 spiro atoms. The van der Waals surface area contributed by atoms with Gasteiger partial charge in [0.1, 0.15) is 5.03 Å². The van der Waals surface area contributed by atoms with Crippen molar-refractivity contribution >= 4 is 23.4 Å². The summed E-state index contributed by atoms with van der Waals surface area (Å²) in [7, 11) is 0. The van der Waals surface area contributed by atoms with Gasteiger partial charge in [-0.25, -0.2) is 13.8 Å². The van der Waals surface area contributed by atoms with Gasteiger partial charge in [-0.15, -0.1) is 11.8 Å². The molecule has 0 fully saturated rings. The Hall–Kier alpha value is -1.17. The fraction of sp³-hybridized carbons (Fsp3) is 0.154. The monoisotopic (exact) mass is 300 g/mol. The van der Waals surface area contributed by atoms with E-state index in [0.717, 1.165) is 12.1 Å². The zero-order valence-electron chi connectivity index (χ0n) is 9.82. The zero-order valence-corrected chi connectivity index (χ0v) is 11.4. The standard InChI is InChI=1S/C13H11ClF2N2S/c14-9-2-1-5-18-13(9)19-7-12(17)8-3-4-10(15)11(16)6-8/h1-6,12H,7,17H2. The summed E-state index contributed by atoms with van der Waals surface area (Å²) in [5, 5.41) is 1.21. The summed E-state index contributed by atoms with van der Waals surface area (Å²) in [6.07, 6.45) is 1.64. The average Bonchev–Trinajstić information content (AvgIpc) is 2.40. The lowest BCUT2D eigenvalue weighted by Crippen LogP contribution is -2.13. The first kappa shape index (κ1) is 14.2. The minimum absolute atomic E-state index is 0.418. The van der Waals surface area contributed by atoms with E-state index >= 15 is 0 Å². The maximum atomic E-state index is 13.1. The Morgan fingerprint density at radius 1 is 1.26 bits per heavy atom. The second-order valence-electron chi connectivity index (χ2n) is 3.88. The maximum absolute atomic E-state index is 13.1. The Labute approximate surface area is 119 Å². The minimum Gasteiger partial charge on any atom is -0.323 e. The van der Waals surface area contributed by atoms with Crippen molar-refractivity contribution in [2.45, 2.75) is 11.1 Å². The molecule has 2 aromatic rings. The van der Waals surface area contributed by atoms with E-state index in [9.17, 15) is 8.78 Å². The van der Waals surface area contributed by atoms with Crippen molar-refractivity contribution in [1.82, 2.24) is 4.98 Å². The quantitative estimate of drug-likeness (QED) is 0.873. The Morgan fingerprint density at radius 3 is 2.74 bits per heavy atom. The Morgan fingerprint density at radius 2 is 2.05 bits per heavy atom. The Bertz CT molecular complexity index is 580. The molecule has 2 rings (SSSR count). The summed E-state index contributed by atoms with van der Waals surface area (Å²) in [6, 6.07) is 6.72. The average molecular weight is 301 g/mol. The van der Waals surface area contributed by atoms with Gasteiger partial charge in [-0.1, -0.05) is 17.7 Å². The molecule has 0 aliphatic heterocycles. The van der Waals surface area contributed by atoms with E-state index in [1.807, 2.05) is 0 Å². The van der Waals surface area contributed by atoms with Gasteiger partial charge in [0.15, 0.2) is 11.6 Å². The summed E-state index contributed by atoms with van der Waals surface area (Å²) >= 11 is 7.34. The molecule has 2 N–H and O–H groups in total. The molecule has 0 bridgehead atoms. The zero-order chi connectivity index (χ0) is 13.8. The highest BCUT2D eigenvalue weighted by molar-refractivity contribution is 7.99. The van der Waals surface area contributed by atoms with Crippen molar-refractivity contribution in [2.75, 3.05) is 5.75 Å². The van der Waals surface area contributed by atoms with E-state index in [1.165, 1.54) is 17.8 Å². The number of nitrogens with zero attached hydrogens (tertiary/aromatic N) is 1. The number of aromatic nitrogens is 1. The fourth-order valence-electron chi connectivity index (χ4n) is 1.49. The van der Waals surface area contributed by atoms with E-state index in [0.29, 0.717) is 21.4 Å². The molecule has 1 aromatic heterocycles. The van der Waals surface area contributed by atoms with E-state index in [4.69, 9.17) is 17.3 Å². The van der Waals surface area contributed by atoms with Gasteiger partial charge >= 0.3 is 0 Å². The largest absolute Gasteiger partial charge is 0.323 e. The lowest BCUT2D eigenvalue weighted by Gasteiger charge is -2.12.